The maximum Gasteiger partial charge on any atom is 0.224 e. The quantitative estimate of drug-likeness (QED) is 0.556. The van der Waals surface area contributed by atoms with E-state index in [0.717, 1.165) is 44.7 Å². The number of rotatable bonds is 8. The third kappa shape index (κ3) is 6.76. The molecular formula is C26H36ClN5O3. The Kier molecular flexibility index (Phi) is 8.34. The van der Waals surface area contributed by atoms with E-state index in [1.165, 1.54) is 0 Å². The number of carbonyl (C=O) groups excluding carboxylic acids is 2. The molecule has 3 heterocycles. The number of halogens is 1. The number of hydrogen-bond acceptors (Lipinski definition) is 5. The van der Waals surface area contributed by atoms with Crippen LogP contribution in [0.3, 0.4) is 0 Å². The Balaban J connectivity index is 1.38. The Morgan fingerprint density at radius 1 is 1.03 bits per heavy atom. The predicted octanol–water partition coefficient (Wildman–Crippen LogP) is 3.09. The fourth-order valence-electron chi connectivity index (χ4n) is 4.88. The van der Waals surface area contributed by atoms with E-state index in [1.54, 1.807) is 12.3 Å². The van der Waals surface area contributed by atoms with Crippen LogP contribution in [0.5, 0.6) is 5.75 Å². The van der Waals surface area contributed by atoms with Gasteiger partial charge in [0.1, 0.15) is 5.75 Å². The second kappa shape index (κ2) is 11.4. The van der Waals surface area contributed by atoms with Gasteiger partial charge in [-0.05, 0) is 51.1 Å². The van der Waals surface area contributed by atoms with Crippen molar-refractivity contribution in [1.29, 1.82) is 0 Å². The van der Waals surface area contributed by atoms with E-state index in [2.05, 4.69) is 17.0 Å². The van der Waals surface area contributed by atoms with E-state index in [1.807, 2.05) is 45.7 Å². The molecule has 35 heavy (non-hydrogen) atoms. The average molecular weight is 502 g/mol. The largest absolute Gasteiger partial charge is 0.493 e. The molecule has 8 nitrogen and oxygen atoms in total. The van der Waals surface area contributed by atoms with Crippen molar-refractivity contribution in [1.82, 2.24) is 24.5 Å². The summed E-state index contributed by atoms with van der Waals surface area (Å²) < 4.78 is 8.02. The first-order chi connectivity index (χ1) is 16.8. The van der Waals surface area contributed by atoms with Gasteiger partial charge in [-0.15, -0.1) is 0 Å². The normalized spacial score (nSPS) is 18.5. The Hall–Kier alpha value is -2.58. The lowest BCUT2D eigenvalue weighted by Gasteiger charge is -2.43. The smallest absolute Gasteiger partial charge is 0.224 e. The number of likely N-dealkylation sites (N-methyl/N-ethyl adjacent to an activating group) is 1. The molecule has 0 N–H and O–H groups in total. The molecule has 9 heteroatoms. The van der Waals surface area contributed by atoms with Gasteiger partial charge >= 0.3 is 0 Å². The topological polar surface area (TPSA) is 70.9 Å². The van der Waals surface area contributed by atoms with Gasteiger partial charge in [-0.1, -0.05) is 17.7 Å². The van der Waals surface area contributed by atoms with E-state index >= 15 is 0 Å². The number of piperidine rings is 1. The van der Waals surface area contributed by atoms with E-state index in [4.69, 9.17) is 16.3 Å². The van der Waals surface area contributed by atoms with E-state index in [0.29, 0.717) is 49.9 Å². The van der Waals surface area contributed by atoms with Gasteiger partial charge in [-0.3, -0.25) is 14.3 Å². The van der Waals surface area contributed by atoms with Crippen LogP contribution in [0.4, 0.5) is 0 Å². The van der Waals surface area contributed by atoms with Crippen molar-refractivity contribution in [3.8, 4) is 5.75 Å². The van der Waals surface area contributed by atoms with Crippen molar-refractivity contribution in [3.63, 3.8) is 0 Å². The number of aromatic nitrogens is 2. The second-order valence-electron chi connectivity index (χ2n) is 9.93. The van der Waals surface area contributed by atoms with Crippen LogP contribution in [-0.2, 0) is 16.1 Å². The van der Waals surface area contributed by atoms with Crippen molar-refractivity contribution in [3.05, 3.63) is 47.2 Å². The molecule has 1 aromatic carbocycles. The Morgan fingerprint density at radius 2 is 1.74 bits per heavy atom. The summed E-state index contributed by atoms with van der Waals surface area (Å²) >= 11 is 6.13. The lowest BCUT2D eigenvalue weighted by Crippen LogP contribution is -2.51. The molecular weight excluding hydrogens is 466 g/mol. The van der Waals surface area contributed by atoms with Crippen molar-refractivity contribution < 1.29 is 14.3 Å². The minimum absolute atomic E-state index is 0.134. The van der Waals surface area contributed by atoms with Crippen LogP contribution < -0.4 is 4.74 Å². The molecule has 2 saturated heterocycles. The number of ether oxygens (including phenoxy) is 1. The predicted molar refractivity (Wildman–Crippen MR) is 135 cm³/mol. The average Bonchev–Trinajstić information content (AvgIpc) is 3.27. The van der Waals surface area contributed by atoms with Gasteiger partial charge in [0.25, 0.3) is 0 Å². The molecule has 2 aromatic rings. The molecule has 2 fully saturated rings. The first-order valence-electron chi connectivity index (χ1n) is 12.4. The van der Waals surface area contributed by atoms with E-state index in [9.17, 15) is 9.59 Å². The van der Waals surface area contributed by atoms with E-state index in [-0.39, 0.29) is 17.2 Å². The fourth-order valence-corrected chi connectivity index (χ4v) is 5.06. The van der Waals surface area contributed by atoms with Gasteiger partial charge in [0, 0.05) is 81.0 Å². The summed E-state index contributed by atoms with van der Waals surface area (Å²) in [4.78, 5) is 32.3. The van der Waals surface area contributed by atoms with E-state index < -0.39 is 0 Å². The molecule has 0 atom stereocenters. The number of hydrogen-bond donors (Lipinski definition) is 0. The van der Waals surface area contributed by atoms with Crippen LogP contribution in [0.25, 0.3) is 0 Å². The number of amides is 2. The summed E-state index contributed by atoms with van der Waals surface area (Å²) in [5, 5.41) is 4.89. The minimum atomic E-state index is -0.307. The van der Waals surface area contributed by atoms with Crippen molar-refractivity contribution in [2.45, 2.75) is 39.2 Å². The summed E-state index contributed by atoms with van der Waals surface area (Å²) in [5.41, 5.74) is 0.744. The zero-order valence-electron chi connectivity index (χ0n) is 20.8. The van der Waals surface area contributed by atoms with Crippen LogP contribution >= 0.6 is 11.6 Å². The minimum Gasteiger partial charge on any atom is -0.493 e. The van der Waals surface area contributed by atoms with Crippen LogP contribution in [0.15, 0.2) is 36.5 Å². The number of aryl methyl sites for hydroxylation is 2. The van der Waals surface area contributed by atoms with Crippen LogP contribution in [0.2, 0.25) is 5.02 Å². The SMILES string of the molecule is Cc1ccnn1CCC(=O)N1CCC(COc2cccc(Cl)c2)(CC(=O)N2CCN(C)CC2)CC1. The second-order valence-corrected chi connectivity index (χ2v) is 10.4. The lowest BCUT2D eigenvalue weighted by molar-refractivity contribution is -0.139. The third-order valence-electron chi connectivity index (χ3n) is 7.37. The Labute approximate surface area is 212 Å². The first kappa shape index (κ1) is 25.5. The lowest BCUT2D eigenvalue weighted by atomic mass is 9.75. The summed E-state index contributed by atoms with van der Waals surface area (Å²) in [7, 11) is 2.09. The summed E-state index contributed by atoms with van der Waals surface area (Å²) in [5.74, 6) is 1.02. The zero-order chi connectivity index (χ0) is 24.8. The molecule has 0 radical (unpaired) electrons. The number of benzene rings is 1. The molecule has 1 aromatic heterocycles. The molecule has 2 aliphatic rings. The fraction of sp³-hybridized carbons (Fsp3) is 0.577. The standard InChI is InChI=1S/C26H36ClN5O3/c1-21-6-10-28-32(21)11-7-24(33)30-12-8-26(9-13-30,20-35-23-5-3-4-22(27)18-23)19-25(34)31-16-14-29(2)15-17-31/h3-6,10,18H,7-9,11-17,19-20H2,1-2H3. The highest BCUT2D eigenvalue weighted by atomic mass is 35.5. The summed E-state index contributed by atoms with van der Waals surface area (Å²) in [6.07, 6.45) is 4.09. The van der Waals surface area contributed by atoms with Gasteiger partial charge < -0.3 is 19.4 Å². The van der Waals surface area contributed by atoms with Crippen LogP contribution in [-0.4, -0.2) is 89.2 Å². The number of likely N-dealkylation sites (tertiary alicyclic amines) is 1. The number of piperazine rings is 1. The molecule has 0 saturated carbocycles. The van der Waals surface area contributed by atoms with Crippen molar-refractivity contribution in [2.75, 3.05) is 52.9 Å². The van der Waals surface area contributed by atoms with Gasteiger partial charge in [0.05, 0.1) is 6.61 Å². The van der Waals surface area contributed by atoms with Crippen molar-refractivity contribution >= 4 is 23.4 Å². The Morgan fingerprint density at radius 3 is 2.40 bits per heavy atom. The van der Waals surface area contributed by atoms with Gasteiger partial charge in [-0.25, -0.2) is 0 Å². The molecule has 0 unspecified atom stereocenters. The molecule has 0 spiro atoms. The number of carbonyl (C=O) groups is 2. The molecule has 4 rings (SSSR count). The van der Waals surface area contributed by atoms with Gasteiger partial charge in [-0.2, -0.15) is 5.10 Å². The van der Waals surface area contributed by atoms with Crippen LogP contribution in [0, 0.1) is 12.3 Å². The van der Waals surface area contributed by atoms with Crippen molar-refractivity contribution in [2.24, 2.45) is 5.41 Å². The molecule has 0 bridgehead atoms. The molecule has 2 aliphatic heterocycles. The third-order valence-corrected chi connectivity index (χ3v) is 7.60. The molecule has 190 valence electrons. The maximum atomic E-state index is 13.3. The summed E-state index contributed by atoms with van der Waals surface area (Å²) in [6, 6.07) is 9.31. The Bertz CT molecular complexity index is 1010. The summed E-state index contributed by atoms with van der Waals surface area (Å²) in [6.45, 7) is 7.59. The number of nitrogens with zero attached hydrogens (tertiary/aromatic N) is 5. The highest BCUT2D eigenvalue weighted by Crippen LogP contribution is 2.37. The highest BCUT2D eigenvalue weighted by Gasteiger charge is 2.40. The molecule has 2 amide bonds. The van der Waals surface area contributed by atoms with Gasteiger partial charge in [0.2, 0.25) is 11.8 Å². The monoisotopic (exact) mass is 501 g/mol. The van der Waals surface area contributed by atoms with Gasteiger partial charge in [0.15, 0.2) is 0 Å². The molecule has 0 aliphatic carbocycles. The first-order valence-corrected chi connectivity index (χ1v) is 12.8. The highest BCUT2D eigenvalue weighted by molar-refractivity contribution is 6.30. The van der Waals surface area contributed by atoms with Crippen LogP contribution in [0.1, 0.15) is 31.4 Å². The maximum absolute atomic E-state index is 13.3. The zero-order valence-corrected chi connectivity index (χ0v) is 21.5.